The van der Waals surface area contributed by atoms with E-state index in [0.717, 1.165) is 28.0 Å². The Morgan fingerprint density at radius 2 is 2.05 bits per heavy atom. The molecule has 0 atom stereocenters. The molecule has 0 aliphatic carbocycles. The number of carbonyl (C=O) groups is 1. The Kier molecular flexibility index (Phi) is 4.90. The second-order valence-corrected chi connectivity index (χ2v) is 5.71. The lowest BCUT2D eigenvalue weighted by atomic mass is 10.2. The van der Waals surface area contributed by atoms with Crippen LogP contribution in [0.5, 0.6) is 5.75 Å². The maximum Gasteiger partial charge on any atom is 0.223 e. The van der Waals surface area contributed by atoms with Gasteiger partial charge in [0.2, 0.25) is 5.91 Å². The van der Waals surface area contributed by atoms with Crippen LogP contribution < -0.4 is 10.5 Å². The van der Waals surface area contributed by atoms with Gasteiger partial charge in [0.1, 0.15) is 5.75 Å². The van der Waals surface area contributed by atoms with E-state index in [2.05, 4.69) is 4.98 Å². The highest BCUT2D eigenvalue weighted by molar-refractivity contribution is 7.98. The number of ether oxygens (including phenoxy) is 1. The Hall–Kier alpha value is -1.95. The summed E-state index contributed by atoms with van der Waals surface area (Å²) in [5.41, 5.74) is 8.19. The van der Waals surface area contributed by atoms with Gasteiger partial charge < -0.3 is 15.0 Å². The van der Waals surface area contributed by atoms with Crippen molar-refractivity contribution in [1.82, 2.24) is 9.55 Å². The molecule has 2 aromatic rings. The van der Waals surface area contributed by atoms with Gasteiger partial charge in [-0.05, 0) is 24.6 Å². The lowest BCUT2D eigenvalue weighted by Crippen LogP contribution is -2.16. The Morgan fingerprint density at radius 3 is 2.62 bits per heavy atom. The number of aromatic nitrogens is 2. The number of benzene rings is 1. The van der Waals surface area contributed by atoms with Gasteiger partial charge >= 0.3 is 0 Å². The van der Waals surface area contributed by atoms with Crippen LogP contribution in [0.25, 0.3) is 0 Å². The first-order valence-corrected chi connectivity index (χ1v) is 7.56. The van der Waals surface area contributed by atoms with Crippen LogP contribution in [0.15, 0.2) is 29.4 Å². The Bertz CT molecular complexity index is 635. The van der Waals surface area contributed by atoms with Crippen LogP contribution in [-0.4, -0.2) is 22.6 Å². The molecule has 0 unspecified atom stereocenters. The molecule has 0 saturated heterocycles. The van der Waals surface area contributed by atoms with Crippen molar-refractivity contribution in [3.05, 3.63) is 41.2 Å². The Morgan fingerprint density at radius 1 is 1.38 bits per heavy atom. The van der Waals surface area contributed by atoms with Gasteiger partial charge in [-0.25, -0.2) is 4.98 Å². The summed E-state index contributed by atoms with van der Waals surface area (Å²) in [7, 11) is 3.56. The van der Waals surface area contributed by atoms with Crippen LogP contribution in [0.4, 0.5) is 0 Å². The second-order valence-electron chi connectivity index (χ2n) is 4.77. The number of primary amides is 1. The highest BCUT2D eigenvalue weighted by Crippen LogP contribution is 2.25. The average Bonchev–Trinajstić information content (AvgIpc) is 2.73. The zero-order valence-corrected chi connectivity index (χ0v) is 13.2. The summed E-state index contributed by atoms with van der Waals surface area (Å²) in [4.78, 5) is 15.6. The zero-order chi connectivity index (χ0) is 15.4. The lowest BCUT2D eigenvalue weighted by Gasteiger charge is -2.05. The number of nitrogens with zero attached hydrogens (tertiary/aromatic N) is 2. The van der Waals surface area contributed by atoms with Crippen molar-refractivity contribution in [2.75, 3.05) is 7.11 Å². The van der Waals surface area contributed by atoms with Gasteiger partial charge in [-0.1, -0.05) is 23.9 Å². The quantitative estimate of drug-likeness (QED) is 0.829. The van der Waals surface area contributed by atoms with E-state index >= 15 is 0 Å². The predicted octanol–water partition coefficient (Wildman–Crippen LogP) is 2.06. The van der Waals surface area contributed by atoms with Gasteiger partial charge in [-0.2, -0.15) is 0 Å². The molecule has 21 heavy (non-hydrogen) atoms. The van der Waals surface area contributed by atoms with Gasteiger partial charge in [-0.15, -0.1) is 0 Å². The maximum absolute atomic E-state index is 11.1. The standard InChI is InChI=1S/C15H19N3O2S/c1-10-13(8-14(16)19)18(2)15(17-10)21-9-11-4-6-12(20-3)7-5-11/h4-7H,8-9H2,1-3H3,(H2,16,19). The molecular weight excluding hydrogens is 286 g/mol. The summed E-state index contributed by atoms with van der Waals surface area (Å²) in [6.45, 7) is 1.90. The number of aryl methyl sites for hydroxylation is 1. The second kappa shape index (κ2) is 6.67. The topological polar surface area (TPSA) is 70.1 Å². The van der Waals surface area contributed by atoms with Crippen molar-refractivity contribution in [3.63, 3.8) is 0 Å². The number of rotatable bonds is 6. The molecule has 0 aliphatic rings. The van der Waals surface area contributed by atoms with Crippen molar-refractivity contribution in [1.29, 1.82) is 0 Å². The molecule has 112 valence electrons. The SMILES string of the molecule is COc1ccc(CSc2nc(C)c(CC(N)=O)n2C)cc1. The van der Waals surface area contributed by atoms with Gasteiger partial charge in [0.15, 0.2) is 5.16 Å². The third-order valence-corrected chi connectivity index (χ3v) is 4.34. The lowest BCUT2D eigenvalue weighted by molar-refractivity contribution is -0.117. The summed E-state index contributed by atoms with van der Waals surface area (Å²) >= 11 is 1.63. The number of hydrogen-bond acceptors (Lipinski definition) is 4. The van der Waals surface area contributed by atoms with E-state index in [1.54, 1.807) is 18.9 Å². The number of thioether (sulfide) groups is 1. The molecule has 5 nitrogen and oxygen atoms in total. The van der Waals surface area contributed by atoms with E-state index in [1.807, 2.05) is 42.8 Å². The molecule has 0 radical (unpaired) electrons. The minimum atomic E-state index is -0.340. The summed E-state index contributed by atoms with van der Waals surface area (Å²) in [5.74, 6) is 1.32. The van der Waals surface area contributed by atoms with Crippen LogP contribution in [0.3, 0.4) is 0 Å². The first-order valence-electron chi connectivity index (χ1n) is 6.57. The van der Waals surface area contributed by atoms with Crippen molar-refractivity contribution < 1.29 is 9.53 Å². The molecule has 1 aromatic carbocycles. The number of amides is 1. The van der Waals surface area contributed by atoms with Gasteiger partial charge in [-0.3, -0.25) is 4.79 Å². The van der Waals surface area contributed by atoms with Crippen LogP contribution in [0, 0.1) is 6.92 Å². The molecule has 6 heteroatoms. The Balaban J connectivity index is 2.07. The largest absolute Gasteiger partial charge is 0.497 e. The predicted molar refractivity (Wildman–Crippen MR) is 83.4 cm³/mol. The van der Waals surface area contributed by atoms with Gasteiger partial charge in [0.05, 0.1) is 24.9 Å². The zero-order valence-electron chi connectivity index (χ0n) is 12.4. The first-order chi connectivity index (χ1) is 10.0. The average molecular weight is 305 g/mol. The van der Waals surface area contributed by atoms with E-state index < -0.39 is 0 Å². The molecule has 0 fully saturated rings. The molecule has 0 saturated carbocycles. The molecule has 1 heterocycles. The third kappa shape index (κ3) is 3.78. The fraction of sp³-hybridized carbons (Fsp3) is 0.333. The number of hydrogen-bond donors (Lipinski definition) is 1. The van der Waals surface area contributed by atoms with E-state index in [4.69, 9.17) is 10.5 Å². The molecule has 1 aromatic heterocycles. The van der Waals surface area contributed by atoms with Crippen molar-refractivity contribution in [2.45, 2.75) is 24.3 Å². The van der Waals surface area contributed by atoms with E-state index in [1.165, 1.54) is 5.56 Å². The minimum absolute atomic E-state index is 0.221. The van der Waals surface area contributed by atoms with E-state index in [-0.39, 0.29) is 12.3 Å². The number of carbonyl (C=O) groups excluding carboxylic acids is 1. The highest BCUT2D eigenvalue weighted by Gasteiger charge is 2.13. The summed E-state index contributed by atoms with van der Waals surface area (Å²) in [5, 5.41) is 0.888. The van der Waals surface area contributed by atoms with Gasteiger partial charge in [0.25, 0.3) is 0 Å². The summed E-state index contributed by atoms with van der Waals surface area (Å²) in [6.07, 6.45) is 0.221. The monoisotopic (exact) mass is 305 g/mol. The highest BCUT2D eigenvalue weighted by atomic mass is 32.2. The van der Waals surface area contributed by atoms with E-state index in [0.29, 0.717) is 0 Å². The van der Waals surface area contributed by atoms with E-state index in [9.17, 15) is 4.79 Å². The molecular formula is C15H19N3O2S. The maximum atomic E-state index is 11.1. The molecule has 1 amide bonds. The molecule has 0 bridgehead atoms. The van der Waals surface area contributed by atoms with Gasteiger partial charge in [0, 0.05) is 12.8 Å². The fourth-order valence-corrected chi connectivity index (χ4v) is 3.04. The molecule has 2 N–H and O–H groups in total. The number of nitrogens with two attached hydrogens (primary N) is 1. The van der Waals surface area contributed by atoms with Crippen LogP contribution in [0.2, 0.25) is 0 Å². The fourth-order valence-electron chi connectivity index (χ4n) is 2.05. The van der Waals surface area contributed by atoms with Crippen LogP contribution >= 0.6 is 11.8 Å². The van der Waals surface area contributed by atoms with Crippen molar-refractivity contribution in [3.8, 4) is 5.75 Å². The van der Waals surface area contributed by atoms with Crippen LogP contribution in [-0.2, 0) is 24.0 Å². The normalized spacial score (nSPS) is 10.6. The summed E-state index contributed by atoms with van der Waals surface area (Å²) in [6, 6.07) is 7.95. The molecule has 0 aliphatic heterocycles. The molecule has 0 spiro atoms. The third-order valence-electron chi connectivity index (χ3n) is 3.24. The smallest absolute Gasteiger partial charge is 0.223 e. The van der Waals surface area contributed by atoms with Crippen LogP contribution in [0.1, 0.15) is 17.0 Å². The molecule has 2 rings (SSSR count). The van der Waals surface area contributed by atoms with Crippen molar-refractivity contribution >= 4 is 17.7 Å². The minimum Gasteiger partial charge on any atom is -0.497 e. The Labute approximate surface area is 128 Å². The first kappa shape index (κ1) is 15.4. The number of methoxy groups -OCH3 is 1. The summed E-state index contributed by atoms with van der Waals surface area (Å²) < 4.78 is 7.08. The number of imidazole rings is 1. The van der Waals surface area contributed by atoms with Crippen molar-refractivity contribution in [2.24, 2.45) is 12.8 Å².